The Labute approximate surface area is 201 Å². The molecule has 4 rings (SSSR count). The molecule has 0 spiro atoms. The summed E-state index contributed by atoms with van der Waals surface area (Å²) in [7, 11) is 0. The average molecular weight is 478 g/mol. The van der Waals surface area contributed by atoms with Gasteiger partial charge in [-0.15, -0.1) is 0 Å². The van der Waals surface area contributed by atoms with Crippen molar-refractivity contribution in [2.45, 2.75) is 33.1 Å². The van der Waals surface area contributed by atoms with E-state index in [1.807, 2.05) is 44.2 Å². The van der Waals surface area contributed by atoms with Crippen LogP contribution in [0, 0.1) is 13.8 Å². The lowest BCUT2D eigenvalue weighted by atomic mass is 9.98. The van der Waals surface area contributed by atoms with E-state index in [1.54, 1.807) is 36.4 Å². The molecule has 1 N–H and O–H groups in total. The first-order valence-corrected chi connectivity index (χ1v) is 11.0. The summed E-state index contributed by atoms with van der Waals surface area (Å²) < 4.78 is 40.5. The third kappa shape index (κ3) is 6.03. The maximum Gasteiger partial charge on any atom is 0.387 e. The van der Waals surface area contributed by atoms with Gasteiger partial charge in [0.1, 0.15) is 23.9 Å². The largest absolute Gasteiger partial charge is 0.489 e. The zero-order valence-corrected chi connectivity index (χ0v) is 19.2. The molecule has 1 aromatic heterocycles. The van der Waals surface area contributed by atoms with Gasteiger partial charge in [-0.2, -0.15) is 8.78 Å². The minimum Gasteiger partial charge on any atom is -0.489 e. The topological polar surface area (TPSA) is 73.6 Å². The van der Waals surface area contributed by atoms with Crippen LogP contribution < -0.4 is 14.8 Å². The fraction of sp³-hybridized carbons (Fsp3) is 0.185. The first kappa shape index (κ1) is 23.9. The summed E-state index contributed by atoms with van der Waals surface area (Å²) in [5.74, 6) is 0.953. The van der Waals surface area contributed by atoms with E-state index in [1.165, 1.54) is 12.1 Å². The molecule has 0 bridgehead atoms. The molecule has 0 aliphatic heterocycles. The molecule has 0 aliphatic rings. The van der Waals surface area contributed by atoms with Gasteiger partial charge in [-0.1, -0.05) is 53.7 Å². The standard InChI is InChI=1S/C27H24F2N2O4/c1-17-24(18(2)35-31-17)16-33-23-10-6-9-21(15-23)26(32)30-25(19-7-4-3-5-8-19)20-11-13-22(14-12-20)34-27(28)29/h3-15,25,27H,16H2,1-2H3,(H,30,32). The van der Waals surface area contributed by atoms with Gasteiger partial charge in [-0.3, -0.25) is 4.79 Å². The van der Waals surface area contributed by atoms with Crippen molar-refractivity contribution < 1.29 is 27.6 Å². The zero-order chi connectivity index (χ0) is 24.8. The van der Waals surface area contributed by atoms with Gasteiger partial charge in [0.05, 0.1) is 17.3 Å². The van der Waals surface area contributed by atoms with Crippen LogP contribution in [-0.2, 0) is 6.61 Å². The Morgan fingerprint density at radius 2 is 1.66 bits per heavy atom. The minimum atomic E-state index is -2.91. The van der Waals surface area contributed by atoms with Crippen molar-refractivity contribution in [2.24, 2.45) is 0 Å². The van der Waals surface area contributed by atoms with E-state index < -0.39 is 12.7 Å². The average Bonchev–Trinajstić information content (AvgIpc) is 3.19. The molecule has 3 aromatic carbocycles. The Balaban J connectivity index is 1.52. The highest BCUT2D eigenvalue weighted by molar-refractivity contribution is 5.95. The monoisotopic (exact) mass is 478 g/mol. The maximum absolute atomic E-state index is 13.2. The van der Waals surface area contributed by atoms with Crippen LogP contribution in [0.1, 0.15) is 44.5 Å². The van der Waals surface area contributed by atoms with E-state index in [2.05, 4.69) is 15.2 Å². The van der Waals surface area contributed by atoms with E-state index in [9.17, 15) is 13.6 Å². The number of nitrogens with one attached hydrogen (secondary N) is 1. The summed E-state index contributed by atoms with van der Waals surface area (Å²) >= 11 is 0. The van der Waals surface area contributed by atoms with Crippen molar-refractivity contribution in [1.29, 1.82) is 0 Å². The molecule has 35 heavy (non-hydrogen) atoms. The molecule has 4 aromatic rings. The summed E-state index contributed by atoms with van der Waals surface area (Å²) in [6, 6.07) is 22.0. The predicted molar refractivity (Wildman–Crippen MR) is 126 cm³/mol. The Morgan fingerprint density at radius 3 is 2.31 bits per heavy atom. The molecule has 180 valence electrons. The molecule has 0 saturated carbocycles. The number of aryl methyl sites for hydroxylation is 2. The van der Waals surface area contributed by atoms with Crippen molar-refractivity contribution in [1.82, 2.24) is 10.5 Å². The number of amides is 1. The molecular formula is C27H24F2N2O4. The Morgan fingerprint density at radius 1 is 0.943 bits per heavy atom. The van der Waals surface area contributed by atoms with Crippen LogP contribution >= 0.6 is 0 Å². The minimum absolute atomic E-state index is 0.0463. The molecule has 0 radical (unpaired) electrons. The lowest BCUT2D eigenvalue weighted by Gasteiger charge is -2.20. The Kier molecular flexibility index (Phi) is 7.40. The second-order valence-electron chi connectivity index (χ2n) is 7.88. The summed E-state index contributed by atoms with van der Waals surface area (Å²) in [4.78, 5) is 13.2. The number of aromatic nitrogens is 1. The Bertz CT molecular complexity index is 1250. The van der Waals surface area contributed by atoms with Crippen molar-refractivity contribution in [3.8, 4) is 11.5 Å². The van der Waals surface area contributed by atoms with Crippen molar-refractivity contribution in [3.63, 3.8) is 0 Å². The van der Waals surface area contributed by atoms with Gasteiger partial charge in [0.25, 0.3) is 5.91 Å². The summed E-state index contributed by atoms with van der Waals surface area (Å²) in [6.07, 6.45) is 0. The number of carbonyl (C=O) groups excluding carboxylic acids is 1. The second-order valence-corrected chi connectivity index (χ2v) is 7.88. The van der Waals surface area contributed by atoms with Gasteiger partial charge >= 0.3 is 6.61 Å². The Hall–Kier alpha value is -4.20. The van der Waals surface area contributed by atoms with Crippen LogP contribution in [0.2, 0.25) is 0 Å². The number of alkyl halides is 2. The van der Waals surface area contributed by atoms with Gasteiger partial charge in [0, 0.05) is 5.56 Å². The number of ether oxygens (including phenoxy) is 2. The number of nitrogens with zero attached hydrogens (tertiary/aromatic N) is 1. The van der Waals surface area contributed by atoms with Gasteiger partial charge in [-0.25, -0.2) is 0 Å². The molecule has 1 unspecified atom stereocenters. The number of rotatable bonds is 9. The van der Waals surface area contributed by atoms with Gasteiger partial charge in [0.2, 0.25) is 0 Å². The quantitative estimate of drug-likeness (QED) is 0.320. The second kappa shape index (κ2) is 10.8. The number of hydrogen-bond acceptors (Lipinski definition) is 5. The summed E-state index contributed by atoms with van der Waals surface area (Å²) in [5.41, 5.74) is 3.60. The smallest absolute Gasteiger partial charge is 0.387 e. The molecular weight excluding hydrogens is 454 g/mol. The van der Waals surface area contributed by atoms with Crippen LogP contribution in [0.3, 0.4) is 0 Å². The first-order chi connectivity index (χ1) is 16.9. The number of hydrogen-bond donors (Lipinski definition) is 1. The fourth-order valence-corrected chi connectivity index (χ4v) is 3.65. The van der Waals surface area contributed by atoms with Crippen LogP contribution in [0.25, 0.3) is 0 Å². The van der Waals surface area contributed by atoms with E-state index in [4.69, 9.17) is 9.26 Å². The molecule has 1 atom stereocenters. The van der Waals surface area contributed by atoms with E-state index >= 15 is 0 Å². The molecule has 1 heterocycles. The van der Waals surface area contributed by atoms with Crippen molar-refractivity contribution >= 4 is 5.91 Å². The van der Waals surface area contributed by atoms with Gasteiger partial charge in [0.15, 0.2) is 0 Å². The molecule has 1 amide bonds. The number of carbonyl (C=O) groups is 1. The highest BCUT2D eigenvalue weighted by Gasteiger charge is 2.19. The third-order valence-corrected chi connectivity index (χ3v) is 5.51. The highest BCUT2D eigenvalue weighted by atomic mass is 19.3. The lowest BCUT2D eigenvalue weighted by Crippen LogP contribution is -2.29. The summed E-state index contributed by atoms with van der Waals surface area (Å²) in [6.45, 7) is 1.02. The molecule has 6 nitrogen and oxygen atoms in total. The van der Waals surface area contributed by atoms with Gasteiger partial charge < -0.3 is 19.3 Å². The van der Waals surface area contributed by atoms with Crippen LogP contribution in [0.15, 0.2) is 83.4 Å². The molecule has 0 saturated heterocycles. The zero-order valence-electron chi connectivity index (χ0n) is 19.2. The predicted octanol–water partition coefficient (Wildman–Crippen LogP) is 5.99. The number of benzene rings is 3. The third-order valence-electron chi connectivity index (χ3n) is 5.51. The van der Waals surface area contributed by atoms with E-state index in [-0.39, 0.29) is 18.3 Å². The normalized spacial score (nSPS) is 11.8. The summed E-state index contributed by atoms with van der Waals surface area (Å²) in [5, 5.41) is 6.95. The lowest BCUT2D eigenvalue weighted by molar-refractivity contribution is -0.0498. The highest BCUT2D eigenvalue weighted by Crippen LogP contribution is 2.26. The fourth-order valence-electron chi connectivity index (χ4n) is 3.65. The van der Waals surface area contributed by atoms with Crippen LogP contribution in [0.4, 0.5) is 8.78 Å². The van der Waals surface area contributed by atoms with Crippen LogP contribution in [-0.4, -0.2) is 17.7 Å². The molecule has 0 fully saturated rings. The van der Waals surface area contributed by atoms with E-state index in [0.717, 1.165) is 22.4 Å². The number of halogens is 2. The molecule has 8 heteroatoms. The van der Waals surface area contributed by atoms with E-state index in [0.29, 0.717) is 17.1 Å². The maximum atomic E-state index is 13.2. The van der Waals surface area contributed by atoms with Crippen molar-refractivity contribution in [3.05, 3.63) is 113 Å². The van der Waals surface area contributed by atoms with Crippen LogP contribution in [0.5, 0.6) is 11.5 Å². The van der Waals surface area contributed by atoms with Gasteiger partial charge in [-0.05, 0) is 55.3 Å². The van der Waals surface area contributed by atoms with Crippen molar-refractivity contribution in [2.75, 3.05) is 0 Å². The molecule has 0 aliphatic carbocycles. The SMILES string of the molecule is Cc1noc(C)c1COc1cccc(C(=O)NC(c2ccccc2)c2ccc(OC(F)F)cc2)c1. The first-order valence-electron chi connectivity index (χ1n) is 11.0.